The van der Waals surface area contributed by atoms with Crippen LogP contribution in [0.5, 0.6) is 0 Å². The molecular weight excluding hydrogens is 294 g/mol. The summed E-state index contributed by atoms with van der Waals surface area (Å²) in [7, 11) is 0. The number of hydrogen-bond donors (Lipinski definition) is 1. The van der Waals surface area contributed by atoms with Gasteiger partial charge in [-0.1, -0.05) is 13.0 Å². The highest BCUT2D eigenvalue weighted by atomic mass is 32.1. The van der Waals surface area contributed by atoms with Gasteiger partial charge in [-0.25, -0.2) is 0 Å². The quantitative estimate of drug-likeness (QED) is 0.924. The molecule has 0 fully saturated rings. The van der Waals surface area contributed by atoms with Crippen LogP contribution in [-0.2, 0) is 17.6 Å². The first kappa shape index (κ1) is 14.6. The lowest BCUT2D eigenvalue weighted by atomic mass is 9.98. The number of nitrogens with zero attached hydrogens (tertiary/aromatic N) is 2. The molecule has 1 aromatic heterocycles. The molecule has 2 N–H and O–H groups in total. The second kappa shape index (κ2) is 5.47. The Labute approximate surface area is 133 Å². The van der Waals surface area contributed by atoms with E-state index < -0.39 is 0 Å². The Morgan fingerprint density at radius 2 is 2.27 bits per heavy atom. The van der Waals surface area contributed by atoms with E-state index in [1.165, 1.54) is 11.3 Å². The summed E-state index contributed by atoms with van der Waals surface area (Å²) in [6.45, 7) is 4.39. The molecule has 0 aliphatic carbocycles. The van der Waals surface area contributed by atoms with Crippen molar-refractivity contribution < 1.29 is 4.79 Å². The second-order valence-electron chi connectivity index (χ2n) is 5.37. The Bertz CT molecular complexity index is 801. The maximum absolute atomic E-state index is 11.6. The van der Waals surface area contributed by atoms with Crippen LogP contribution < -0.4 is 10.6 Å². The number of thiophene rings is 1. The first-order valence-corrected chi connectivity index (χ1v) is 8.11. The second-order valence-corrected chi connectivity index (χ2v) is 6.51. The summed E-state index contributed by atoms with van der Waals surface area (Å²) < 4.78 is 0. The molecule has 0 atom stereocenters. The van der Waals surface area contributed by atoms with Gasteiger partial charge in [0.25, 0.3) is 0 Å². The highest BCUT2D eigenvalue weighted by Gasteiger charge is 2.24. The number of nitriles is 1. The van der Waals surface area contributed by atoms with Crippen molar-refractivity contribution >= 4 is 27.9 Å². The van der Waals surface area contributed by atoms with Crippen LogP contribution >= 0.6 is 11.3 Å². The van der Waals surface area contributed by atoms with E-state index in [0.29, 0.717) is 10.6 Å². The fourth-order valence-electron chi connectivity index (χ4n) is 3.05. The first-order chi connectivity index (χ1) is 10.6. The van der Waals surface area contributed by atoms with E-state index in [-0.39, 0.29) is 5.91 Å². The number of rotatable bonds is 2. The maximum atomic E-state index is 11.6. The van der Waals surface area contributed by atoms with E-state index in [1.54, 1.807) is 11.8 Å². The molecule has 0 bridgehead atoms. The van der Waals surface area contributed by atoms with Crippen LogP contribution in [0.3, 0.4) is 0 Å². The van der Waals surface area contributed by atoms with E-state index in [9.17, 15) is 10.1 Å². The average Bonchev–Trinajstić information content (AvgIpc) is 3.06. The van der Waals surface area contributed by atoms with E-state index in [2.05, 4.69) is 19.1 Å². The van der Waals surface area contributed by atoms with E-state index in [4.69, 9.17) is 5.73 Å². The Hall–Kier alpha value is -2.32. The lowest BCUT2D eigenvalue weighted by molar-refractivity contribution is -0.116. The van der Waals surface area contributed by atoms with E-state index >= 15 is 0 Å². The lowest BCUT2D eigenvalue weighted by Gasteiger charge is -2.15. The zero-order valence-electron chi connectivity index (χ0n) is 12.6. The van der Waals surface area contributed by atoms with Crippen molar-refractivity contribution in [3.05, 3.63) is 34.2 Å². The van der Waals surface area contributed by atoms with Crippen molar-refractivity contribution in [2.24, 2.45) is 0 Å². The molecule has 5 heteroatoms. The molecule has 1 amide bonds. The van der Waals surface area contributed by atoms with Crippen molar-refractivity contribution in [2.45, 2.75) is 26.7 Å². The Morgan fingerprint density at radius 1 is 1.50 bits per heavy atom. The number of nitrogen functional groups attached to an aromatic ring is 1. The lowest BCUT2D eigenvalue weighted by Crippen LogP contribution is -2.25. The summed E-state index contributed by atoms with van der Waals surface area (Å²) in [5.41, 5.74) is 10.7. The summed E-state index contributed by atoms with van der Waals surface area (Å²) >= 11 is 1.49. The summed E-state index contributed by atoms with van der Waals surface area (Å²) in [6, 6.07) is 8.30. The monoisotopic (exact) mass is 311 g/mol. The molecular formula is C17H17N3OS. The third kappa shape index (κ3) is 2.16. The van der Waals surface area contributed by atoms with Gasteiger partial charge in [0.2, 0.25) is 5.91 Å². The smallest absolute Gasteiger partial charge is 0.223 e. The number of hydrogen-bond acceptors (Lipinski definition) is 4. The third-order valence-corrected chi connectivity index (χ3v) is 5.25. The average molecular weight is 311 g/mol. The van der Waals surface area contributed by atoms with Crippen LogP contribution in [0.4, 0.5) is 10.7 Å². The van der Waals surface area contributed by atoms with Gasteiger partial charge in [-0.15, -0.1) is 11.3 Å². The molecule has 0 unspecified atom stereocenters. The predicted molar refractivity (Wildman–Crippen MR) is 90.0 cm³/mol. The molecule has 0 saturated heterocycles. The highest BCUT2D eigenvalue weighted by molar-refractivity contribution is 7.16. The number of aryl methyl sites for hydroxylation is 1. The minimum Gasteiger partial charge on any atom is -0.389 e. The van der Waals surface area contributed by atoms with Gasteiger partial charge in [0, 0.05) is 29.6 Å². The summed E-state index contributed by atoms with van der Waals surface area (Å²) in [6.07, 6.45) is 1.70. The van der Waals surface area contributed by atoms with Crippen molar-refractivity contribution in [2.75, 3.05) is 17.2 Å². The van der Waals surface area contributed by atoms with Crippen molar-refractivity contribution in [3.8, 4) is 17.2 Å². The molecule has 0 saturated carbocycles. The van der Waals surface area contributed by atoms with Gasteiger partial charge in [0.05, 0.1) is 5.56 Å². The molecule has 1 aromatic carbocycles. The Kier molecular flexibility index (Phi) is 3.63. The SMILES string of the molecule is CCc1sc(N)c(C#N)c1-c1ccc2c(c1)CCN2C(C)=O. The fraction of sp³-hybridized carbons (Fsp3) is 0.294. The van der Waals surface area contributed by atoms with Crippen LogP contribution in [0.25, 0.3) is 11.1 Å². The zero-order valence-corrected chi connectivity index (χ0v) is 13.5. The summed E-state index contributed by atoms with van der Waals surface area (Å²) in [5, 5.41) is 9.99. The van der Waals surface area contributed by atoms with Gasteiger partial charge in [0.15, 0.2) is 0 Å². The molecule has 22 heavy (non-hydrogen) atoms. The van der Waals surface area contributed by atoms with Crippen LogP contribution in [0.15, 0.2) is 18.2 Å². The highest BCUT2D eigenvalue weighted by Crippen LogP contribution is 2.40. The van der Waals surface area contributed by atoms with Gasteiger partial charge < -0.3 is 10.6 Å². The van der Waals surface area contributed by atoms with Crippen molar-refractivity contribution in [1.82, 2.24) is 0 Å². The first-order valence-electron chi connectivity index (χ1n) is 7.29. The molecule has 2 aromatic rings. The zero-order chi connectivity index (χ0) is 15.9. The largest absolute Gasteiger partial charge is 0.389 e. The molecule has 1 aliphatic rings. The molecule has 2 heterocycles. The summed E-state index contributed by atoms with van der Waals surface area (Å²) in [4.78, 5) is 14.6. The minimum absolute atomic E-state index is 0.0678. The topological polar surface area (TPSA) is 70.1 Å². The number of carbonyl (C=O) groups excluding carboxylic acids is 1. The van der Waals surface area contributed by atoms with Crippen LogP contribution in [0.2, 0.25) is 0 Å². The van der Waals surface area contributed by atoms with Crippen molar-refractivity contribution in [1.29, 1.82) is 5.26 Å². The summed E-state index contributed by atoms with van der Waals surface area (Å²) in [5.74, 6) is 0.0678. The maximum Gasteiger partial charge on any atom is 0.223 e. The van der Waals surface area contributed by atoms with E-state index in [0.717, 1.165) is 46.6 Å². The van der Waals surface area contributed by atoms with Crippen LogP contribution in [0, 0.1) is 11.3 Å². The molecule has 3 rings (SSSR count). The third-order valence-electron chi connectivity index (χ3n) is 4.09. The number of amides is 1. The standard InChI is InChI=1S/C17H17N3OS/c1-3-15-16(13(9-18)17(19)22-15)12-4-5-14-11(8-12)6-7-20(14)10(2)21/h4-5,8H,3,6-7,19H2,1-2H3. The minimum atomic E-state index is 0.0678. The number of carbonyl (C=O) groups is 1. The number of benzene rings is 1. The molecule has 0 radical (unpaired) electrons. The van der Waals surface area contributed by atoms with Crippen molar-refractivity contribution in [3.63, 3.8) is 0 Å². The number of nitrogens with two attached hydrogens (primary N) is 1. The van der Waals surface area contributed by atoms with E-state index in [1.807, 2.05) is 12.1 Å². The fourth-order valence-corrected chi connectivity index (χ4v) is 4.03. The molecule has 1 aliphatic heterocycles. The van der Waals surface area contributed by atoms with Gasteiger partial charge in [-0.3, -0.25) is 4.79 Å². The van der Waals surface area contributed by atoms with Gasteiger partial charge in [-0.05, 0) is 36.1 Å². The molecule has 112 valence electrons. The number of fused-ring (bicyclic) bond motifs is 1. The molecule has 0 spiro atoms. The predicted octanol–water partition coefficient (Wildman–Crippen LogP) is 3.34. The van der Waals surface area contributed by atoms with Crippen LogP contribution in [-0.4, -0.2) is 12.5 Å². The normalized spacial score (nSPS) is 13.0. The Morgan fingerprint density at radius 3 is 2.91 bits per heavy atom. The van der Waals surface area contributed by atoms with Gasteiger partial charge in [0.1, 0.15) is 11.1 Å². The molecule has 4 nitrogen and oxygen atoms in total. The number of anilines is 2. The Balaban J connectivity index is 2.13. The van der Waals surface area contributed by atoms with Crippen LogP contribution in [0.1, 0.15) is 29.9 Å². The van der Waals surface area contributed by atoms with Gasteiger partial charge >= 0.3 is 0 Å². The van der Waals surface area contributed by atoms with Gasteiger partial charge in [-0.2, -0.15) is 5.26 Å².